The minimum atomic E-state index is -0.652. The number of esters is 1. The highest BCUT2D eigenvalue weighted by molar-refractivity contribution is 5.80. The Kier molecular flexibility index (Phi) is 7.32. The summed E-state index contributed by atoms with van der Waals surface area (Å²) in [6.07, 6.45) is 0. The van der Waals surface area contributed by atoms with E-state index in [0.717, 1.165) is 0 Å². The predicted octanol–water partition coefficient (Wildman–Crippen LogP) is 0.243. The highest BCUT2D eigenvalue weighted by atomic mass is 16.6. The Labute approximate surface area is 122 Å². The highest BCUT2D eigenvalue weighted by Gasteiger charge is 2.08. The number of benzene rings is 1. The van der Waals surface area contributed by atoms with Crippen molar-refractivity contribution in [3.05, 3.63) is 29.8 Å². The zero-order valence-electron chi connectivity index (χ0n) is 11.6. The van der Waals surface area contributed by atoms with Gasteiger partial charge >= 0.3 is 5.97 Å². The molecule has 112 valence electrons. The van der Waals surface area contributed by atoms with Gasteiger partial charge in [0.1, 0.15) is 5.75 Å². The number of carbonyl (C=O) groups excluding carboxylic acids is 2. The van der Waals surface area contributed by atoms with E-state index in [1.807, 2.05) is 6.07 Å². The van der Waals surface area contributed by atoms with Crippen LogP contribution in [0.3, 0.4) is 0 Å². The standard InChI is InChI=1S/C14H16N2O5/c1-19-7-6-16-13(17)9-21-14(18)10-20-12-4-2-11(8-15)3-5-12/h2-5H,6-7,9-10H2,1H3,(H,16,17). The third kappa shape index (κ3) is 6.94. The number of nitrogens with zero attached hydrogens (tertiary/aromatic N) is 1. The molecule has 0 saturated heterocycles. The van der Waals surface area contributed by atoms with E-state index in [2.05, 4.69) is 5.32 Å². The first kappa shape index (κ1) is 16.5. The Morgan fingerprint density at radius 3 is 2.57 bits per heavy atom. The largest absolute Gasteiger partial charge is 0.482 e. The monoisotopic (exact) mass is 292 g/mol. The van der Waals surface area contributed by atoms with Crippen LogP contribution in [0.1, 0.15) is 5.56 Å². The van der Waals surface area contributed by atoms with Gasteiger partial charge in [0, 0.05) is 13.7 Å². The zero-order valence-corrected chi connectivity index (χ0v) is 11.6. The maximum atomic E-state index is 11.4. The average molecular weight is 292 g/mol. The van der Waals surface area contributed by atoms with Gasteiger partial charge in [-0.25, -0.2) is 4.79 Å². The molecule has 7 nitrogen and oxygen atoms in total. The SMILES string of the molecule is COCCNC(=O)COC(=O)COc1ccc(C#N)cc1. The van der Waals surface area contributed by atoms with E-state index in [1.54, 1.807) is 24.3 Å². The van der Waals surface area contributed by atoms with Crippen molar-refractivity contribution in [2.75, 3.05) is 33.5 Å². The van der Waals surface area contributed by atoms with Crippen LogP contribution in [-0.2, 0) is 19.1 Å². The molecule has 0 heterocycles. The van der Waals surface area contributed by atoms with E-state index in [-0.39, 0.29) is 13.2 Å². The van der Waals surface area contributed by atoms with E-state index in [0.29, 0.717) is 24.5 Å². The van der Waals surface area contributed by atoms with Gasteiger partial charge in [-0.15, -0.1) is 0 Å². The second-order valence-corrected chi connectivity index (χ2v) is 3.93. The molecular formula is C14H16N2O5. The minimum Gasteiger partial charge on any atom is -0.482 e. The topological polar surface area (TPSA) is 97.7 Å². The number of hydrogen-bond donors (Lipinski definition) is 1. The summed E-state index contributed by atoms with van der Waals surface area (Å²) in [6, 6.07) is 8.26. The summed E-state index contributed by atoms with van der Waals surface area (Å²) in [6.45, 7) is 0.0760. The summed E-state index contributed by atoms with van der Waals surface area (Å²) in [5, 5.41) is 11.1. The van der Waals surface area contributed by atoms with Gasteiger partial charge in [-0.05, 0) is 24.3 Å². The lowest BCUT2D eigenvalue weighted by Crippen LogP contribution is -2.32. The summed E-state index contributed by atoms with van der Waals surface area (Å²) in [5.74, 6) is -0.615. The van der Waals surface area contributed by atoms with Crippen LogP contribution in [0.4, 0.5) is 0 Å². The molecule has 0 saturated carbocycles. The molecule has 1 rings (SSSR count). The van der Waals surface area contributed by atoms with Crippen LogP contribution < -0.4 is 10.1 Å². The molecule has 0 bridgehead atoms. The number of amides is 1. The molecule has 1 aromatic carbocycles. The van der Waals surface area contributed by atoms with Crippen molar-refractivity contribution in [2.45, 2.75) is 0 Å². The van der Waals surface area contributed by atoms with Crippen LogP contribution in [0.2, 0.25) is 0 Å². The summed E-state index contributed by atoms with van der Waals surface area (Å²) >= 11 is 0. The molecule has 0 fully saturated rings. The quantitative estimate of drug-likeness (QED) is 0.544. The molecule has 0 spiro atoms. The first-order valence-corrected chi connectivity index (χ1v) is 6.20. The summed E-state index contributed by atoms with van der Waals surface area (Å²) < 4.78 is 14.7. The molecule has 0 aliphatic rings. The normalized spacial score (nSPS) is 9.52. The summed E-state index contributed by atoms with van der Waals surface area (Å²) in [4.78, 5) is 22.6. The van der Waals surface area contributed by atoms with E-state index >= 15 is 0 Å². The van der Waals surface area contributed by atoms with E-state index in [9.17, 15) is 9.59 Å². The van der Waals surface area contributed by atoms with Gasteiger partial charge in [0.05, 0.1) is 18.2 Å². The third-order valence-corrected chi connectivity index (χ3v) is 2.33. The molecule has 0 radical (unpaired) electrons. The Bertz CT molecular complexity index is 507. The van der Waals surface area contributed by atoms with Crippen LogP contribution in [0.5, 0.6) is 5.75 Å². The average Bonchev–Trinajstić information content (AvgIpc) is 2.51. The molecular weight excluding hydrogens is 276 g/mol. The fourth-order valence-corrected chi connectivity index (χ4v) is 1.30. The number of carbonyl (C=O) groups is 2. The number of methoxy groups -OCH3 is 1. The predicted molar refractivity (Wildman–Crippen MR) is 72.5 cm³/mol. The Hall–Kier alpha value is -2.59. The first-order valence-electron chi connectivity index (χ1n) is 6.20. The van der Waals surface area contributed by atoms with Crippen LogP contribution in [0.25, 0.3) is 0 Å². The number of hydrogen-bond acceptors (Lipinski definition) is 6. The van der Waals surface area contributed by atoms with Crippen molar-refractivity contribution >= 4 is 11.9 Å². The van der Waals surface area contributed by atoms with Gasteiger partial charge in [0.15, 0.2) is 13.2 Å². The van der Waals surface area contributed by atoms with Crippen molar-refractivity contribution in [3.63, 3.8) is 0 Å². The number of ether oxygens (including phenoxy) is 3. The Morgan fingerprint density at radius 2 is 1.95 bits per heavy atom. The molecule has 0 atom stereocenters. The maximum absolute atomic E-state index is 11.4. The third-order valence-electron chi connectivity index (χ3n) is 2.33. The lowest BCUT2D eigenvalue weighted by molar-refractivity contribution is -0.150. The first-order chi connectivity index (χ1) is 10.2. The Balaban J connectivity index is 2.21. The molecule has 1 aromatic rings. The summed E-state index contributed by atoms with van der Waals surface area (Å²) in [5.41, 5.74) is 0.498. The smallest absolute Gasteiger partial charge is 0.344 e. The second-order valence-electron chi connectivity index (χ2n) is 3.93. The van der Waals surface area contributed by atoms with E-state index in [1.165, 1.54) is 7.11 Å². The van der Waals surface area contributed by atoms with E-state index < -0.39 is 11.9 Å². The van der Waals surface area contributed by atoms with Gasteiger partial charge in [-0.2, -0.15) is 5.26 Å². The molecule has 0 aliphatic heterocycles. The van der Waals surface area contributed by atoms with Gasteiger partial charge < -0.3 is 19.5 Å². The molecule has 1 amide bonds. The number of nitriles is 1. The van der Waals surface area contributed by atoms with Crippen molar-refractivity contribution in [3.8, 4) is 11.8 Å². The zero-order chi connectivity index (χ0) is 15.5. The van der Waals surface area contributed by atoms with Gasteiger partial charge in [0.25, 0.3) is 5.91 Å². The van der Waals surface area contributed by atoms with Crippen LogP contribution in [0.15, 0.2) is 24.3 Å². The van der Waals surface area contributed by atoms with Crippen molar-refractivity contribution in [2.24, 2.45) is 0 Å². The van der Waals surface area contributed by atoms with Crippen molar-refractivity contribution in [1.29, 1.82) is 5.26 Å². The summed E-state index contributed by atoms with van der Waals surface area (Å²) in [7, 11) is 1.52. The van der Waals surface area contributed by atoms with Crippen molar-refractivity contribution in [1.82, 2.24) is 5.32 Å². The van der Waals surface area contributed by atoms with Gasteiger partial charge in [0.2, 0.25) is 0 Å². The maximum Gasteiger partial charge on any atom is 0.344 e. The van der Waals surface area contributed by atoms with Gasteiger partial charge in [-0.1, -0.05) is 0 Å². The van der Waals surface area contributed by atoms with Crippen LogP contribution >= 0.6 is 0 Å². The fourth-order valence-electron chi connectivity index (χ4n) is 1.30. The minimum absolute atomic E-state index is 0.308. The molecule has 21 heavy (non-hydrogen) atoms. The highest BCUT2D eigenvalue weighted by Crippen LogP contribution is 2.11. The van der Waals surface area contributed by atoms with Crippen LogP contribution in [0, 0.1) is 11.3 Å². The second kappa shape index (κ2) is 9.34. The Morgan fingerprint density at radius 1 is 1.24 bits per heavy atom. The number of rotatable bonds is 8. The van der Waals surface area contributed by atoms with Crippen LogP contribution in [-0.4, -0.2) is 45.4 Å². The fraction of sp³-hybridized carbons (Fsp3) is 0.357. The number of nitrogens with one attached hydrogen (secondary N) is 1. The van der Waals surface area contributed by atoms with Gasteiger partial charge in [-0.3, -0.25) is 4.79 Å². The molecule has 0 aliphatic carbocycles. The lowest BCUT2D eigenvalue weighted by Gasteiger charge is -2.07. The molecule has 1 N–H and O–H groups in total. The lowest BCUT2D eigenvalue weighted by atomic mass is 10.2. The molecule has 0 aromatic heterocycles. The van der Waals surface area contributed by atoms with E-state index in [4.69, 9.17) is 19.5 Å². The molecule has 7 heteroatoms. The molecule has 0 unspecified atom stereocenters. The van der Waals surface area contributed by atoms with Crippen molar-refractivity contribution < 1.29 is 23.8 Å².